The number of thiazole rings is 1. The molecule has 2 aromatic carbocycles. The summed E-state index contributed by atoms with van der Waals surface area (Å²) in [7, 11) is 1.26. The zero-order chi connectivity index (χ0) is 29.4. The summed E-state index contributed by atoms with van der Waals surface area (Å²) in [5.41, 5.74) is 2.16. The molecule has 0 bridgehead atoms. The van der Waals surface area contributed by atoms with Crippen molar-refractivity contribution in [2.24, 2.45) is 5.92 Å². The molecule has 5 rings (SSSR count). The first kappa shape index (κ1) is 28.4. The lowest BCUT2D eigenvalue weighted by Gasteiger charge is -2.23. The fourth-order valence-electron chi connectivity index (χ4n) is 5.02. The van der Waals surface area contributed by atoms with Gasteiger partial charge in [0.15, 0.2) is 5.13 Å². The molecule has 1 N–H and O–H groups in total. The second-order valence-electron chi connectivity index (χ2n) is 10.6. The second-order valence-corrected chi connectivity index (χ2v) is 11.6. The lowest BCUT2D eigenvalue weighted by Crippen LogP contribution is -2.29. The lowest BCUT2D eigenvalue weighted by atomic mass is 9.94. The number of rotatable bonds is 8. The van der Waals surface area contributed by atoms with Crippen LogP contribution in [0, 0.1) is 12.8 Å². The number of hydrogen-bond acceptors (Lipinski definition) is 9. The Kier molecular flexibility index (Phi) is 7.86. The number of nitrogens with zero attached hydrogens (tertiary/aromatic N) is 2. The van der Waals surface area contributed by atoms with Crippen molar-refractivity contribution < 1.29 is 33.7 Å². The molecule has 214 valence electrons. The van der Waals surface area contributed by atoms with E-state index in [-0.39, 0.29) is 27.4 Å². The number of aromatic nitrogens is 1. The fraction of sp³-hybridized carbons (Fsp3) is 0.355. The standard InChI is InChI=1S/C31H32N2O7S/c1-16(2)11-12-39-22-8-6-7-19(15-22)25-24(26(34)20-9-10-23-21(14-20)13-17(3)40-23)27(35)29(36)33(25)31-32-18(4)28(41-31)30(37)38-5/h6-10,14-17,25,34H,11-13H2,1-5H3. The van der Waals surface area contributed by atoms with Crippen LogP contribution in [0.3, 0.4) is 0 Å². The number of aliphatic hydroxyl groups is 1. The average molecular weight is 577 g/mol. The molecule has 2 aliphatic rings. The number of amides is 1. The Hall–Kier alpha value is -4.18. The summed E-state index contributed by atoms with van der Waals surface area (Å²) < 4.78 is 16.6. The van der Waals surface area contributed by atoms with Crippen LogP contribution in [-0.2, 0) is 20.7 Å². The van der Waals surface area contributed by atoms with Crippen LogP contribution in [0.15, 0.2) is 48.0 Å². The first-order valence-electron chi connectivity index (χ1n) is 13.5. The molecule has 2 aliphatic heterocycles. The molecule has 1 fully saturated rings. The highest BCUT2D eigenvalue weighted by atomic mass is 32.1. The van der Waals surface area contributed by atoms with Crippen molar-refractivity contribution >= 4 is 39.9 Å². The van der Waals surface area contributed by atoms with Gasteiger partial charge in [-0.1, -0.05) is 37.3 Å². The number of carbonyl (C=O) groups is 3. The third-order valence-electron chi connectivity index (χ3n) is 7.11. The van der Waals surface area contributed by atoms with Crippen molar-refractivity contribution in [2.75, 3.05) is 18.6 Å². The number of Topliss-reactive ketones (excluding diaryl/α,β-unsaturated/α-hetero) is 1. The van der Waals surface area contributed by atoms with Crippen molar-refractivity contribution in [2.45, 2.75) is 52.7 Å². The third-order valence-corrected chi connectivity index (χ3v) is 8.25. The van der Waals surface area contributed by atoms with Gasteiger partial charge in [0.25, 0.3) is 5.78 Å². The van der Waals surface area contributed by atoms with Gasteiger partial charge in [0.2, 0.25) is 0 Å². The summed E-state index contributed by atoms with van der Waals surface area (Å²) in [6.45, 7) is 8.31. The Bertz CT molecular complexity index is 1560. The Morgan fingerprint density at radius 1 is 1.22 bits per heavy atom. The van der Waals surface area contributed by atoms with Gasteiger partial charge < -0.3 is 19.3 Å². The number of aryl methyl sites for hydroxylation is 1. The third kappa shape index (κ3) is 5.44. The van der Waals surface area contributed by atoms with Crippen molar-refractivity contribution in [1.29, 1.82) is 0 Å². The number of methoxy groups -OCH3 is 1. The summed E-state index contributed by atoms with van der Waals surface area (Å²) >= 11 is 0.956. The molecule has 2 atom stereocenters. The number of ether oxygens (including phenoxy) is 3. The van der Waals surface area contributed by atoms with E-state index in [4.69, 9.17) is 14.2 Å². The first-order chi connectivity index (χ1) is 19.6. The Labute approximate surface area is 242 Å². The predicted molar refractivity (Wildman–Crippen MR) is 155 cm³/mol. The van der Waals surface area contributed by atoms with E-state index < -0.39 is 23.7 Å². The van der Waals surface area contributed by atoms with E-state index in [1.165, 1.54) is 12.0 Å². The Morgan fingerprint density at radius 3 is 2.73 bits per heavy atom. The smallest absolute Gasteiger partial charge is 0.350 e. The quantitative estimate of drug-likeness (QED) is 0.159. The van der Waals surface area contributed by atoms with E-state index in [0.717, 1.165) is 29.1 Å². The monoisotopic (exact) mass is 576 g/mol. The molecule has 1 saturated heterocycles. The number of ketones is 1. The molecule has 0 aliphatic carbocycles. The second kappa shape index (κ2) is 11.4. The SMILES string of the molecule is COC(=O)c1sc(N2C(=O)C(=O)C(=C(O)c3ccc4c(c3)CC(C)O4)C2c2cccc(OCCC(C)C)c2)nc1C. The predicted octanol–water partition coefficient (Wildman–Crippen LogP) is 5.61. The van der Waals surface area contributed by atoms with Gasteiger partial charge >= 0.3 is 11.9 Å². The number of anilines is 1. The van der Waals surface area contributed by atoms with Gasteiger partial charge in [-0.05, 0) is 67.6 Å². The largest absolute Gasteiger partial charge is 0.507 e. The van der Waals surface area contributed by atoms with E-state index in [1.54, 1.807) is 49.4 Å². The molecule has 9 nitrogen and oxygen atoms in total. The van der Waals surface area contributed by atoms with Crippen LogP contribution in [0.25, 0.3) is 5.76 Å². The van der Waals surface area contributed by atoms with Crippen molar-refractivity contribution in [3.8, 4) is 11.5 Å². The maximum atomic E-state index is 13.6. The molecule has 41 heavy (non-hydrogen) atoms. The van der Waals surface area contributed by atoms with Crippen molar-refractivity contribution in [1.82, 2.24) is 4.98 Å². The normalized spacial score (nSPS) is 19.4. The van der Waals surface area contributed by atoms with Crippen LogP contribution < -0.4 is 14.4 Å². The zero-order valence-electron chi connectivity index (χ0n) is 23.6. The van der Waals surface area contributed by atoms with Crippen LogP contribution in [0.4, 0.5) is 5.13 Å². The molecule has 0 spiro atoms. The minimum absolute atomic E-state index is 0.00330. The zero-order valence-corrected chi connectivity index (χ0v) is 24.4. The number of fused-ring (bicyclic) bond motifs is 1. The summed E-state index contributed by atoms with van der Waals surface area (Å²) in [5.74, 6) is -0.834. The summed E-state index contributed by atoms with van der Waals surface area (Å²) in [4.78, 5) is 45.4. The molecule has 3 aromatic rings. The highest BCUT2D eigenvalue weighted by Gasteiger charge is 2.48. The molecule has 1 amide bonds. The van der Waals surface area contributed by atoms with Crippen LogP contribution in [-0.4, -0.2) is 47.6 Å². The van der Waals surface area contributed by atoms with E-state index >= 15 is 0 Å². The highest BCUT2D eigenvalue weighted by molar-refractivity contribution is 7.17. The molecular weight excluding hydrogens is 544 g/mol. The minimum Gasteiger partial charge on any atom is -0.507 e. The first-order valence-corrected chi connectivity index (χ1v) is 14.3. The van der Waals surface area contributed by atoms with Gasteiger partial charge in [0, 0.05) is 12.0 Å². The number of aliphatic hydroxyl groups excluding tert-OH is 1. The number of esters is 1. The van der Waals surface area contributed by atoms with Crippen molar-refractivity contribution in [3.63, 3.8) is 0 Å². The van der Waals surface area contributed by atoms with Gasteiger partial charge in [0.1, 0.15) is 28.2 Å². The van der Waals surface area contributed by atoms with Crippen LogP contribution >= 0.6 is 11.3 Å². The fourth-order valence-corrected chi connectivity index (χ4v) is 6.04. The summed E-state index contributed by atoms with van der Waals surface area (Å²) in [5, 5.41) is 11.7. The van der Waals surface area contributed by atoms with E-state index in [1.807, 2.05) is 6.92 Å². The molecular formula is C31H32N2O7S. The summed E-state index contributed by atoms with van der Waals surface area (Å²) in [6, 6.07) is 11.3. The maximum absolute atomic E-state index is 13.6. The molecule has 3 heterocycles. The maximum Gasteiger partial charge on any atom is 0.350 e. The van der Waals surface area contributed by atoms with Crippen molar-refractivity contribution in [3.05, 3.63) is 75.3 Å². The van der Waals surface area contributed by atoms with Crippen LogP contribution in [0.5, 0.6) is 11.5 Å². The van der Waals surface area contributed by atoms with Gasteiger partial charge in [0.05, 0.1) is 31.0 Å². The number of hydrogen-bond donors (Lipinski definition) is 1. The van der Waals surface area contributed by atoms with Crippen LogP contribution in [0.1, 0.15) is 65.3 Å². The number of carbonyl (C=O) groups excluding carboxylic acids is 3. The van der Waals surface area contributed by atoms with Gasteiger partial charge in [-0.3, -0.25) is 14.5 Å². The topological polar surface area (TPSA) is 115 Å². The highest BCUT2D eigenvalue weighted by Crippen LogP contribution is 2.45. The molecule has 10 heteroatoms. The summed E-state index contributed by atoms with van der Waals surface area (Å²) in [6.07, 6.45) is 1.53. The lowest BCUT2D eigenvalue weighted by molar-refractivity contribution is -0.132. The average Bonchev–Trinajstić information content (AvgIpc) is 3.59. The number of benzene rings is 2. The van der Waals surface area contributed by atoms with Crippen LogP contribution in [0.2, 0.25) is 0 Å². The van der Waals surface area contributed by atoms with E-state index in [9.17, 15) is 19.5 Å². The Morgan fingerprint density at radius 2 is 2.00 bits per heavy atom. The van der Waals surface area contributed by atoms with Gasteiger partial charge in [-0.15, -0.1) is 0 Å². The minimum atomic E-state index is -1.01. The molecule has 1 aromatic heterocycles. The van der Waals surface area contributed by atoms with E-state index in [2.05, 4.69) is 18.8 Å². The Balaban J connectivity index is 1.64. The van der Waals surface area contributed by atoms with E-state index in [0.29, 0.717) is 41.5 Å². The van der Waals surface area contributed by atoms with Gasteiger partial charge in [-0.2, -0.15) is 0 Å². The molecule has 2 unspecified atom stereocenters. The molecule has 0 saturated carbocycles. The van der Waals surface area contributed by atoms with Gasteiger partial charge in [-0.25, -0.2) is 9.78 Å². The molecule has 0 radical (unpaired) electrons.